The molecule has 1 fully saturated rings. The van der Waals surface area contributed by atoms with Gasteiger partial charge in [0.25, 0.3) is 0 Å². The highest BCUT2D eigenvalue weighted by Gasteiger charge is 2.32. The molecule has 1 saturated carbocycles. The number of rotatable bonds is 2. The van der Waals surface area contributed by atoms with Crippen LogP contribution in [0, 0.1) is 0 Å². The standard InChI is InChI=1S/C22H26N2O2/c1-3-7-21-17(5-1)13-23(15-25-21)19-9-11-20(12-10-19)24-14-18-6-2-4-8-22(18)26-16-24/h1-8,19-20H,9-16H2. The Hall–Kier alpha value is -2.04. The van der Waals surface area contributed by atoms with Crippen LogP contribution < -0.4 is 9.47 Å². The van der Waals surface area contributed by atoms with E-state index in [-0.39, 0.29) is 0 Å². The van der Waals surface area contributed by atoms with Crippen LogP contribution in [-0.4, -0.2) is 35.3 Å². The second-order valence-electron chi connectivity index (χ2n) is 7.72. The minimum atomic E-state index is 0.637. The van der Waals surface area contributed by atoms with E-state index in [0.717, 1.165) is 38.1 Å². The lowest BCUT2D eigenvalue weighted by Crippen LogP contribution is -2.47. The molecule has 0 aromatic heterocycles. The average molecular weight is 350 g/mol. The minimum absolute atomic E-state index is 0.637. The zero-order valence-electron chi connectivity index (χ0n) is 15.1. The van der Waals surface area contributed by atoms with Crippen LogP contribution in [0.15, 0.2) is 48.5 Å². The maximum atomic E-state index is 5.97. The highest BCUT2D eigenvalue weighted by atomic mass is 16.5. The summed E-state index contributed by atoms with van der Waals surface area (Å²) in [4.78, 5) is 5.03. The van der Waals surface area contributed by atoms with Crippen molar-refractivity contribution in [1.29, 1.82) is 0 Å². The van der Waals surface area contributed by atoms with Crippen LogP contribution >= 0.6 is 0 Å². The van der Waals surface area contributed by atoms with Gasteiger partial charge in [0.05, 0.1) is 0 Å². The summed E-state index contributed by atoms with van der Waals surface area (Å²) in [5, 5.41) is 0. The normalized spacial score (nSPS) is 26.3. The Morgan fingerprint density at radius 3 is 1.50 bits per heavy atom. The number of ether oxygens (including phenoxy) is 2. The summed E-state index contributed by atoms with van der Waals surface area (Å²) in [5.41, 5.74) is 2.64. The molecular weight excluding hydrogens is 324 g/mol. The molecule has 0 radical (unpaired) electrons. The fourth-order valence-corrected chi connectivity index (χ4v) is 4.64. The van der Waals surface area contributed by atoms with Gasteiger partial charge in [0.1, 0.15) is 25.0 Å². The first-order valence-electron chi connectivity index (χ1n) is 9.76. The third kappa shape index (κ3) is 3.08. The zero-order valence-corrected chi connectivity index (χ0v) is 15.1. The Kier molecular flexibility index (Phi) is 4.31. The lowest BCUT2D eigenvalue weighted by atomic mass is 9.88. The SMILES string of the molecule is c1ccc2c(c1)CN(C1CCC(N3COc4ccccc4C3)CC1)CO2. The van der Waals surface area contributed by atoms with E-state index in [9.17, 15) is 0 Å². The molecule has 2 aromatic carbocycles. The first-order chi connectivity index (χ1) is 12.9. The molecule has 5 rings (SSSR count). The molecule has 2 heterocycles. The van der Waals surface area contributed by atoms with Crippen LogP contribution in [0.4, 0.5) is 0 Å². The largest absolute Gasteiger partial charge is 0.478 e. The van der Waals surface area contributed by atoms with Gasteiger partial charge < -0.3 is 9.47 Å². The van der Waals surface area contributed by atoms with Gasteiger partial charge in [-0.05, 0) is 37.8 Å². The van der Waals surface area contributed by atoms with Crippen LogP contribution in [0.3, 0.4) is 0 Å². The van der Waals surface area contributed by atoms with Crippen molar-refractivity contribution < 1.29 is 9.47 Å². The van der Waals surface area contributed by atoms with Crippen LogP contribution in [0.2, 0.25) is 0 Å². The van der Waals surface area contributed by atoms with Crippen molar-refractivity contribution in [2.75, 3.05) is 13.5 Å². The van der Waals surface area contributed by atoms with Gasteiger partial charge in [-0.25, -0.2) is 0 Å². The Balaban J connectivity index is 1.19. The molecule has 4 nitrogen and oxygen atoms in total. The smallest absolute Gasteiger partial charge is 0.142 e. The molecule has 0 unspecified atom stereocenters. The summed E-state index contributed by atoms with van der Waals surface area (Å²) in [6.07, 6.45) is 4.98. The summed E-state index contributed by atoms with van der Waals surface area (Å²) >= 11 is 0. The molecule has 4 heteroatoms. The topological polar surface area (TPSA) is 24.9 Å². The lowest BCUT2D eigenvalue weighted by molar-refractivity contribution is 0.00138. The molecule has 1 aliphatic carbocycles. The van der Waals surface area contributed by atoms with Crippen LogP contribution in [0.25, 0.3) is 0 Å². The van der Waals surface area contributed by atoms with Crippen molar-refractivity contribution in [3.63, 3.8) is 0 Å². The number of hydrogen-bond acceptors (Lipinski definition) is 4. The summed E-state index contributed by atoms with van der Waals surface area (Å²) in [6, 6.07) is 18.1. The fourth-order valence-electron chi connectivity index (χ4n) is 4.64. The molecule has 0 bridgehead atoms. The maximum absolute atomic E-state index is 5.97. The number of benzene rings is 2. The lowest BCUT2D eigenvalue weighted by Gasteiger charge is -2.42. The molecule has 3 aliphatic rings. The monoisotopic (exact) mass is 350 g/mol. The molecule has 2 aliphatic heterocycles. The molecule has 2 aromatic rings. The van der Waals surface area contributed by atoms with Crippen molar-refractivity contribution in [3.05, 3.63) is 59.7 Å². The summed E-state index contributed by atoms with van der Waals surface area (Å²) in [5.74, 6) is 2.11. The number of para-hydroxylation sites is 2. The zero-order chi connectivity index (χ0) is 17.3. The van der Waals surface area contributed by atoms with E-state index >= 15 is 0 Å². The van der Waals surface area contributed by atoms with E-state index in [0.29, 0.717) is 12.1 Å². The van der Waals surface area contributed by atoms with Gasteiger partial charge in [0.15, 0.2) is 0 Å². The predicted octanol–water partition coefficient (Wildman–Crippen LogP) is 4.00. The number of fused-ring (bicyclic) bond motifs is 2. The van der Waals surface area contributed by atoms with E-state index in [1.807, 2.05) is 0 Å². The van der Waals surface area contributed by atoms with Crippen molar-refractivity contribution in [1.82, 2.24) is 9.80 Å². The minimum Gasteiger partial charge on any atom is -0.478 e. The van der Waals surface area contributed by atoms with Crippen LogP contribution in [0.1, 0.15) is 36.8 Å². The Bertz CT molecular complexity index is 705. The predicted molar refractivity (Wildman–Crippen MR) is 101 cm³/mol. The highest BCUT2D eigenvalue weighted by Crippen LogP contribution is 2.34. The number of hydrogen-bond donors (Lipinski definition) is 0. The van der Waals surface area contributed by atoms with Crippen molar-refractivity contribution >= 4 is 0 Å². The molecular formula is C22H26N2O2. The van der Waals surface area contributed by atoms with Gasteiger partial charge in [0.2, 0.25) is 0 Å². The van der Waals surface area contributed by atoms with Gasteiger partial charge in [-0.2, -0.15) is 0 Å². The van der Waals surface area contributed by atoms with Gasteiger partial charge >= 0.3 is 0 Å². The van der Waals surface area contributed by atoms with Crippen LogP contribution in [0.5, 0.6) is 11.5 Å². The summed E-state index contributed by atoms with van der Waals surface area (Å²) in [6.45, 7) is 3.50. The second kappa shape index (κ2) is 6.93. The van der Waals surface area contributed by atoms with Gasteiger partial charge in [-0.15, -0.1) is 0 Å². The Morgan fingerprint density at radius 1 is 0.615 bits per heavy atom. The van der Waals surface area contributed by atoms with Gasteiger partial charge in [0, 0.05) is 36.3 Å². The molecule has 0 spiro atoms. The first kappa shape index (κ1) is 16.2. The van der Waals surface area contributed by atoms with E-state index in [1.165, 1.54) is 36.8 Å². The molecule has 26 heavy (non-hydrogen) atoms. The Labute approximate surface area is 155 Å². The van der Waals surface area contributed by atoms with Gasteiger partial charge in [-0.1, -0.05) is 36.4 Å². The van der Waals surface area contributed by atoms with Crippen molar-refractivity contribution in [2.24, 2.45) is 0 Å². The second-order valence-corrected chi connectivity index (χ2v) is 7.72. The molecule has 136 valence electrons. The highest BCUT2D eigenvalue weighted by molar-refractivity contribution is 5.35. The Morgan fingerprint density at radius 2 is 1.04 bits per heavy atom. The fraction of sp³-hybridized carbons (Fsp3) is 0.455. The number of nitrogens with zero attached hydrogens (tertiary/aromatic N) is 2. The van der Waals surface area contributed by atoms with E-state index < -0.39 is 0 Å². The van der Waals surface area contributed by atoms with Gasteiger partial charge in [-0.3, -0.25) is 9.80 Å². The van der Waals surface area contributed by atoms with E-state index in [2.05, 4.69) is 58.3 Å². The average Bonchev–Trinajstić information content (AvgIpc) is 2.73. The molecule has 0 N–H and O–H groups in total. The third-order valence-electron chi connectivity index (χ3n) is 6.16. The van der Waals surface area contributed by atoms with Crippen LogP contribution in [-0.2, 0) is 13.1 Å². The summed E-state index contributed by atoms with van der Waals surface area (Å²) in [7, 11) is 0. The van der Waals surface area contributed by atoms with E-state index in [4.69, 9.17) is 9.47 Å². The maximum Gasteiger partial charge on any atom is 0.142 e. The quantitative estimate of drug-likeness (QED) is 0.817. The van der Waals surface area contributed by atoms with Crippen molar-refractivity contribution in [2.45, 2.75) is 50.9 Å². The molecule has 0 amide bonds. The van der Waals surface area contributed by atoms with E-state index in [1.54, 1.807) is 0 Å². The molecule has 0 saturated heterocycles. The van der Waals surface area contributed by atoms with Crippen molar-refractivity contribution in [3.8, 4) is 11.5 Å². The summed E-state index contributed by atoms with van der Waals surface area (Å²) < 4.78 is 11.9. The molecule has 0 atom stereocenters. The first-order valence-corrected chi connectivity index (χ1v) is 9.76. The third-order valence-corrected chi connectivity index (χ3v) is 6.16.